The third-order valence-corrected chi connectivity index (χ3v) is 6.38. The van der Waals surface area contributed by atoms with Crippen molar-refractivity contribution in [3.8, 4) is 0 Å². The molecule has 4 rings (SSSR count). The van der Waals surface area contributed by atoms with Gasteiger partial charge in [-0.05, 0) is 50.1 Å². The zero-order valence-corrected chi connectivity index (χ0v) is 19.4. The Hall–Kier alpha value is -3.52. The molecule has 1 fully saturated rings. The molecule has 1 atom stereocenters. The van der Waals surface area contributed by atoms with Crippen molar-refractivity contribution in [3.05, 3.63) is 75.3 Å². The van der Waals surface area contributed by atoms with Crippen LogP contribution in [0, 0.1) is 20.8 Å². The molecular formula is C24H24N4O3S. The van der Waals surface area contributed by atoms with Gasteiger partial charge in [-0.15, -0.1) is 10.2 Å². The van der Waals surface area contributed by atoms with E-state index in [2.05, 4.69) is 10.2 Å². The van der Waals surface area contributed by atoms with Gasteiger partial charge in [0.05, 0.1) is 11.6 Å². The highest BCUT2D eigenvalue weighted by Crippen LogP contribution is 2.43. The van der Waals surface area contributed by atoms with Gasteiger partial charge in [0.25, 0.3) is 5.78 Å². The smallest absolute Gasteiger partial charge is 0.301 e. The number of carbonyl (C=O) groups is 2. The number of rotatable bonds is 4. The predicted octanol–water partition coefficient (Wildman–Crippen LogP) is 4.16. The fourth-order valence-corrected chi connectivity index (χ4v) is 4.53. The molecule has 32 heavy (non-hydrogen) atoms. The summed E-state index contributed by atoms with van der Waals surface area (Å²) in [5.41, 5.74) is 4.02. The first-order valence-electron chi connectivity index (χ1n) is 10.1. The molecule has 1 unspecified atom stereocenters. The zero-order valence-electron chi connectivity index (χ0n) is 18.6. The lowest BCUT2D eigenvalue weighted by Crippen LogP contribution is -2.29. The van der Waals surface area contributed by atoms with Gasteiger partial charge < -0.3 is 10.0 Å². The molecule has 2 heterocycles. The molecule has 1 aromatic heterocycles. The number of nitrogens with zero attached hydrogens (tertiary/aromatic N) is 4. The summed E-state index contributed by atoms with van der Waals surface area (Å²) in [5.74, 6) is -1.65. The van der Waals surface area contributed by atoms with Crippen LogP contribution in [0.5, 0.6) is 0 Å². The third-order valence-electron chi connectivity index (χ3n) is 5.54. The van der Waals surface area contributed by atoms with Gasteiger partial charge in [-0.25, -0.2) is 0 Å². The lowest BCUT2D eigenvalue weighted by atomic mass is 9.93. The maximum Gasteiger partial charge on any atom is 0.301 e. The number of hydrogen-bond donors (Lipinski definition) is 1. The topological polar surface area (TPSA) is 86.6 Å². The van der Waals surface area contributed by atoms with Crippen LogP contribution in [0.4, 0.5) is 10.8 Å². The number of aromatic nitrogens is 2. The SMILES string of the molecule is Cc1ccc(C)c(/C(O)=C2\C(=O)C(=O)N(c3nnc(C)s3)C2c2ccc(N(C)C)cc2)c1. The van der Waals surface area contributed by atoms with E-state index >= 15 is 0 Å². The van der Waals surface area contributed by atoms with Gasteiger partial charge in [0, 0.05) is 25.3 Å². The number of anilines is 2. The van der Waals surface area contributed by atoms with Gasteiger partial charge in [-0.2, -0.15) is 0 Å². The van der Waals surface area contributed by atoms with Crippen molar-refractivity contribution in [3.63, 3.8) is 0 Å². The van der Waals surface area contributed by atoms with E-state index < -0.39 is 17.7 Å². The van der Waals surface area contributed by atoms with Crippen LogP contribution < -0.4 is 9.80 Å². The normalized spacial score (nSPS) is 17.8. The molecule has 0 spiro atoms. The van der Waals surface area contributed by atoms with Crippen LogP contribution >= 0.6 is 11.3 Å². The van der Waals surface area contributed by atoms with E-state index in [-0.39, 0.29) is 11.3 Å². The highest BCUT2D eigenvalue weighted by Gasteiger charge is 2.48. The quantitative estimate of drug-likeness (QED) is 0.366. The van der Waals surface area contributed by atoms with E-state index in [0.717, 1.165) is 16.8 Å². The maximum absolute atomic E-state index is 13.2. The lowest BCUT2D eigenvalue weighted by molar-refractivity contribution is -0.132. The number of aliphatic hydroxyl groups excluding tert-OH is 1. The molecule has 1 aliphatic rings. The lowest BCUT2D eigenvalue weighted by Gasteiger charge is -2.23. The summed E-state index contributed by atoms with van der Waals surface area (Å²) in [6, 6.07) is 12.4. The molecular weight excluding hydrogens is 424 g/mol. The van der Waals surface area contributed by atoms with Crippen LogP contribution in [0.25, 0.3) is 5.76 Å². The van der Waals surface area contributed by atoms with Gasteiger partial charge in [0.1, 0.15) is 10.8 Å². The molecule has 3 aromatic rings. The number of aliphatic hydroxyl groups is 1. The summed E-state index contributed by atoms with van der Waals surface area (Å²) in [5, 5.41) is 20.4. The molecule has 1 aliphatic heterocycles. The Labute approximate surface area is 190 Å². The number of Topliss-reactive ketones (excluding diaryl/α,β-unsaturated/α-hetero) is 1. The van der Waals surface area contributed by atoms with E-state index in [1.165, 1.54) is 16.2 Å². The van der Waals surface area contributed by atoms with E-state index in [4.69, 9.17) is 0 Å². The van der Waals surface area contributed by atoms with Crippen molar-refractivity contribution in [1.82, 2.24) is 10.2 Å². The van der Waals surface area contributed by atoms with Crippen molar-refractivity contribution >= 4 is 39.6 Å². The highest BCUT2D eigenvalue weighted by molar-refractivity contribution is 7.15. The average Bonchev–Trinajstić information content (AvgIpc) is 3.30. The summed E-state index contributed by atoms with van der Waals surface area (Å²) in [6.07, 6.45) is 0. The minimum Gasteiger partial charge on any atom is -0.507 e. The number of hydrogen-bond acceptors (Lipinski definition) is 7. The first kappa shape index (κ1) is 21.7. The molecule has 1 amide bonds. The first-order chi connectivity index (χ1) is 15.2. The summed E-state index contributed by atoms with van der Waals surface area (Å²) in [6.45, 7) is 5.56. The monoisotopic (exact) mass is 448 g/mol. The zero-order chi connectivity index (χ0) is 23.2. The second-order valence-electron chi connectivity index (χ2n) is 8.08. The minimum absolute atomic E-state index is 0.0501. The third kappa shape index (κ3) is 3.67. The van der Waals surface area contributed by atoms with E-state index in [1.54, 1.807) is 6.92 Å². The molecule has 7 nitrogen and oxygen atoms in total. The van der Waals surface area contributed by atoms with Crippen molar-refractivity contribution in [1.29, 1.82) is 0 Å². The van der Waals surface area contributed by atoms with Crippen molar-refractivity contribution in [2.45, 2.75) is 26.8 Å². The minimum atomic E-state index is -0.807. The van der Waals surface area contributed by atoms with Gasteiger partial charge in [-0.3, -0.25) is 14.5 Å². The first-order valence-corrected chi connectivity index (χ1v) is 11.0. The van der Waals surface area contributed by atoms with Crippen LogP contribution in [0.3, 0.4) is 0 Å². The Balaban J connectivity index is 1.95. The fraction of sp³-hybridized carbons (Fsp3) is 0.250. The van der Waals surface area contributed by atoms with Gasteiger partial charge in [-0.1, -0.05) is 41.2 Å². The van der Waals surface area contributed by atoms with Crippen molar-refractivity contribution < 1.29 is 14.7 Å². The van der Waals surface area contributed by atoms with Crippen molar-refractivity contribution in [2.75, 3.05) is 23.9 Å². The number of benzene rings is 2. The van der Waals surface area contributed by atoms with E-state index in [1.807, 2.05) is 75.3 Å². The fourth-order valence-electron chi connectivity index (χ4n) is 3.82. The summed E-state index contributed by atoms with van der Waals surface area (Å²) in [4.78, 5) is 29.6. The molecule has 0 radical (unpaired) electrons. The second kappa shape index (κ2) is 8.20. The molecule has 164 valence electrons. The van der Waals surface area contributed by atoms with Gasteiger partial charge in [0.15, 0.2) is 0 Å². The Bertz CT molecular complexity index is 1240. The van der Waals surface area contributed by atoms with Crippen LogP contribution in [0.15, 0.2) is 48.0 Å². The molecule has 2 aromatic carbocycles. The molecule has 1 saturated heterocycles. The van der Waals surface area contributed by atoms with E-state index in [0.29, 0.717) is 21.3 Å². The maximum atomic E-state index is 13.2. The number of aryl methyl sites for hydroxylation is 3. The Morgan fingerprint density at radius 2 is 1.72 bits per heavy atom. The average molecular weight is 449 g/mol. The summed E-state index contributed by atoms with van der Waals surface area (Å²) >= 11 is 1.23. The molecule has 0 aliphatic carbocycles. The molecule has 0 saturated carbocycles. The Morgan fingerprint density at radius 1 is 1.03 bits per heavy atom. The molecule has 0 bridgehead atoms. The Morgan fingerprint density at radius 3 is 2.31 bits per heavy atom. The van der Waals surface area contributed by atoms with Crippen LogP contribution in [-0.2, 0) is 9.59 Å². The van der Waals surface area contributed by atoms with Crippen LogP contribution in [0.2, 0.25) is 0 Å². The standard InChI is InChI=1S/C24H24N4O3S/c1-13-6-7-14(2)18(12-13)21(29)19-20(16-8-10-17(11-9-16)27(4)5)28(23(31)22(19)30)24-26-25-15(3)32-24/h6-12,20,29H,1-5H3/b21-19+. The number of amides is 1. The predicted molar refractivity (Wildman–Crippen MR) is 126 cm³/mol. The summed E-state index contributed by atoms with van der Waals surface area (Å²) in [7, 11) is 3.87. The van der Waals surface area contributed by atoms with Crippen molar-refractivity contribution in [2.24, 2.45) is 0 Å². The Kier molecular flexibility index (Phi) is 5.56. The largest absolute Gasteiger partial charge is 0.507 e. The van der Waals surface area contributed by atoms with Gasteiger partial charge >= 0.3 is 5.91 Å². The molecule has 8 heteroatoms. The second-order valence-corrected chi connectivity index (χ2v) is 9.24. The van der Waals surface area contributed by atoms with Crippen LogP contribution in [-0.4, -0.2) is 41.1 Å². The van der Waals surface area contributed by atoms with Gasteiger partial charge in [0.2, 0.25) is 5.13 Å². The summed E-state index contributed by atoms with van der Waals surface area (Å²) < 4.78 is 0. The highest BCUT2D eigenvalue weighted by atomic mass is 32.1. The molecule has 1 N–H and O–H groups in total. The van der Waals surface area contributed by atoms with E-state index in [9.17, 15) is 14.7 Å². The number of carbonyl (C=O) groups excluding carboxylic acids is 2. The van der Waals surface area contributed by atoms with Crippen LogP contribution in [0.1, 0.15) is 33.3 Å². The number of ketones is 1.